The number of nitrogens with zero attached hydrogens (tertiary/aromatic N) is 2. The van der Waals surface area contributed by atoms with Crippen molar-refractivity contribution >= 4 is 57.4 Å². The molecule has 0 saturated carbocycles. The molecule has 3 aromatic rings. The van der Waals surface area contributed by atoms with Gasteiger partial charge in [0.15, 0.2) is 6.20 Å². The average molecular weight is 570 g/mol. The minimum absolute atomic E-state index is 0.814. The topological polar surface area (TPSA) is 40.3 Å². The molecule has 4 nitrogen and oxygen atoms in total. The minimum Gasteiger partial charge on any atom is -0.384 e. The zero-order chi connectivity index (χ0) is 28.1. The van der Waals surface area contributed by atoms with Gasteiger partial charge in [-0.05, 0) is 55.3 Å². The fraction of sp³-hybridized carbons (Fsp3) is 0.235. The summed E-state index contributed by atoms with van der Waals surface area (Å²) in [5.41, 5.74) is 5.93. The number of hydrogen-bond donors (Lipinski definition) is 2. The van der Waals surface area contributed by atoms with Gasteiger partial charge in [0.05, 0.1) is 0 Å². The van der Waals surface area contributed by atoms with Gasteiger partial charge in [-0.25, -0.2) is 0 Å². The first kappa shape index (κ1) is 31.1. The number of pyridine rings is 1. The van der Waals surface area contributed by atoms with Gasteiger partial charge in [-0.1, -0.05) is 88.4 Å². The summed E-state index contributed by atoms with van der Waals surface area (Å²) in [5, 5.41) is 7.19. The van der Waals surface area contributed by atoms with Crippen molar-refractivity contribution < 1.29 is 4.57 Å². The van der Waals surface area contributed by atoms with Crippen LogP contribution in [0.5, 0.6) is 0 Å². The molecule has 1 aromatic heterocycles. The van der Waals surface area contributed by atoms with Crippen molar-refractivity contribution in [1.29, 1.82) is 0 Å². The maximum absolute atomic E-state index is 4.16. The van der Waals surface area contributed by atoms with Crippen LogP contribution in [0.3, 0.4) is 0 Å². The molecule has 40 heavy (non-hydrogen) atoms. The third kappa shape index (κ3) is 11.7. The number of hydrogen-bond acceptors (Lipinski definition) is 5. The summed E-state index contributed by atoms with van der Waals surface area (Å²) < 4.78 is 2.24. The number of allylic oxidation sites excluding steroid dienone is 5. The van der Waals surface area contributed by atoms with E-state index in [0.717, 1.165) is 43.4 Å². The Morgan fingerprint density at radius 1 is 0.675 bits per heavy atom. The molecule has 0 bridgehead atoms. The molecule has 1 heterocycles. The number of rotatable bonds is 17. The van der Waals surface area contributed by atoms with E-state index in [1.165, 1.54) is 22.5 Å². The maximum atomic E-state index is 4.16. The van der Waals surface area contributed by atoms with Crippen molar-refractivity contribution in [2.45, 2.75) is 20.4 Å². The fourth-order valence-corrected chi connectivity index (χ4v) is 5.66. The molecule has 0 saturated heterocycles. The van der Waals surface area contributed by atoms with Gasteiger partial charge in [0, 0.05) is 66.9 Å². The van der Waals surface area contributed by atoms with E-state index in [1.54, 1.807) is 0 Å². The molecule has 6 heteroatoms. The Morgan fingerprint density at radius 2 is 1.27 bits per heavy atom. The first-order valence-corrected chi connectivity index (χ1v) is 16.4. The summed E-state index contributed by atoms with van der Waals surface area (Å²) in [5.74, 6) is 2.09. The SMILES string of the molecule is CC/N=C/C=C\C=C\C=C\c1ccccc1NCCSSCCNc1ccccc1/C=C/c1cccc[n+]1CC. The molecular weight excluding hydrogens is 529 g/mol. The van der Waals surface area contributed by atoms with Crippen LogP contribution in [0.4, 0.5) is 11.4 Å². The summed E-state index contributed by atoms with van der Waals surface area (Å²) in [4.78, 5) is 4.16. The molecule has 0 radical (unpaired) electrons. The van der Waals surface area contributed by atoms with Gasteiger partial charge in [0.25, 0.3) is 0 Å². The van der Waals surface area contributed by atoms with E-state index in [9.17, 15) is 0 Å². The Balaban J connectivity index is 1.36. The monoisotopic (exact) mass is 569 g/mol. The predicted octanol–water partition coefficient (Wildman–Crippen LogP) is 8.29. The lowest BCUT2D eigenvalue weighted by atomic mass is 10.1. The fourth-order valence-electron chi connectivity index (χ4n) is 3.85. The van der Waals surface area contributed by atoms with Crippen LogP contribution in [0.1, 0.15) is 30.7 Å². The van der Waals surface area contributed by atoms with Crippen LogP contribution < -0.4 is 15.2 Å². The molecule has 0 amide bonds. The van der Waals surface area contributed by atoms with Crippen LogP contribution in [0.2, 0.25) is 0 Å². The number of anilines is 2. The lowest BCUT2D eigenvalue weighted by Gasteiger charge is -2.10. The highest BCUT2D eigenvalue weighted by atomic mass is 33.1. The van der Waals surface area contributed by atoms with Crippen molar-refractivity contribution in [1.82, 2.24) is 0 Å². The van der Waals surface area contributed by atoms with Gasteiger partial charge in [-0.3, -0.25) is 4.99 Å². The number of aliphatic imine (C=N–C) groups is 1. The summed E-state index contributed by atoms with van der Waals surface area (Å²) >= 11 is 0. The highest BCUT2D eigenvalue weighted by molar-refractivity contribution is 8.76. The van der Waals surface area contributed by atoms with E-state index in [1.807, 2.05) is 59.0 Å². The molecule has 2 N–H and O–H groups in total. The lowest BCUT2D eigenvalue weighted by Crippen LogP contribution is -2.34. The molecule has 0 aliphatic carbocycles. The second-order valence-electron chi connectivity index (χ2n) is 8.69. The van der Waals surface area contributed by atoms with E-state index >= 15 is 0 Å². The Kier molecular flexibility index (Phi) is 15.2. The second kappa shape index (κ2) is 19.6. The van der Waals surface area contributed by atoms with Gasteiger partial charge >= 0.3 is 0 Å². The van der Waals surface area contributed by atoms with E-state index in [0.29, 0.717) is 0 Å². The largest absolute Gasteiger partial charge is 0.384 e. The normalized spacial score (nSPS) is 12.1. The van der Waals surface area contributed by atoms with Gasteiger partial charge < -0.3 is 10.6 Å². The zero-order valence-corrected chi connectivity index (χ0v) is 25.2. The Bertz CT molecular complexity index is 1290. The molecule has 3 rings (SSSR count). The van der Waals surface area contributed by atoms with Gasteiger partial charge in [-0.2, -0.15) is 4.57 Å². The van der Waals surface area contributed by atoms with E-state index in [-0.39, 0.29) is 0 Å². The van der Waals surface area contributed by atoms with Crippen molar-refractivity contribution in [3.8, 4) is 0 Å². The molecule has 0 unspecified atom stereocenters. The highest BCUT2D eigenvalue weighted by Gasteiger charge is 2.04. The summed E-state index contributed by atoms with van der Waals surface area (Å²) in [6.45, 7) is 7.82. The first-order chi connectivity index (χ1) is 19.8. The molecule has 0 fully saturated rings. The van der Waals surface area contributed by atoms with E-state index in [4.69, 9.17) is 0 Å². The molecule has 0 aliphatic heterocycles. The highest BCUT2D eigenvalue weighted by Crippen LogP contribution is 2.23. The molecule has 0 atom stereocenters. The summed E-state index contributed by atoms with van der Waals surface area (Å²) in [6, 6.07) is 23.2. The molecule has 2 aromatic carbocycles. The number of aryl methyl sites for hydroxylation is 1. The van der Waals surface area contributed by atoms with Crippen LogP contribution in [-0.4, -0.2) is 37.4 Å². The Labute approximate surface area is 248 Å². The number of benzene rings is 2. The first-order valence-electron chi connectivity index (χ1n) is 13.9. The maximum Gasteiger partial charge on any atom is 0.205 e. The van der Waals surface area contributed by atoms with Crippen LogP contribution >= 0.6 is 21.6 Å². The lowest BCUT2D eigenvalue weighted by molar-refractivity contribution is -0.695. The van der Waals surface area contributed by atoms with Crippen molar-refractivity contribution in [2.24, 2.45) is 4.99 Å². The van der Waals surface area contributed by atoms with Gasteiger partial charge in [-0.15, -0.1) is 0 Å². The average Bonchev–Trinajstić information content (AvgIpc) is 3.00. The van der Waals surface area contributed by atoms with Crippen molar-refractivity contribution in [3.05, 3.63) is 120 Å². The van der Waals surface area contributed by atoms with Gasteiger partial charge in [0.2, 0.25) is 5.69 Å². The van der Waals surface area contributed by atoms with Crippen LogP contribution in [0.25, 0.3) is 18.2 Å². The second-order valence-corrected chi connectivity index (χ2v) is 11.4. The molecule has 0 aliphatic rings. The Hall–Kier alpha value is -3.48. The summed E-state index contributed by atoms with van der Waals surface area (Å²) in [6.07, 6.45) is 20.5. The zero-order valence-electron chi connectivity index (χ0n) is 23.6. The summed E-state index contributed by atoms with van der Waals surface area (Å²) in [7, 11) is 3.82. The molecule has 208 valence electrons. The van der Waals surface area contributed by atoms with Crippen molar-refractivity contribution in [2.75, 3.05) is 41.8 Å². The smallest absolute Gasteiger partial charge is 0.205 e. The van der Waals surface area contributed by atoms with Crippen molar-refractivity contribution in [3.63, 3.8) is 0 Å². The van der Waals surface area contributed by atoms with Gasteiger partial charge in [0.1, 0.15) is 6.54 Å². The van der Waals surface area contributed by atoms with Crippen LogP contribution in [-0.2, 0) is 6.54 Å². The predicted molar refractivity (Wildman–Crippen MR) is 182 cm³/mol. The third-order valence-corrected chi connectivity index (χ3v) is 8.26. The third-order valence-electron chi connectivity index (χ3n) is 5.85. The molecular formula is C34H41N4S2+. The quantitative estimate of drug-likeness (QED) is 0.0564. The number of aromatic nitrogens is 1. The number of para-hydroxylation sites is 2. The van der Waals surface area contributed by atoms with E-state index < -0.39 is 0 Å². The molecule has 0 spiro atoms. The van der Waals surface area contributed by atoms with E-state index in [2.05, 4.69) is 124 Å². The Morgan fingerprint density at radius 3 is 1.95 bits per heavy atom. The number of nitrogens with one attached hydrogen (secondary N) is 2. The standard InChI is InChI=1S/C34H40N4S2/c1-3-35-24-14-7-5-6-8-16-30-17-9-11-20-33(30)36-25-28-39-40-29-26-37-34-21-12-10-18-31(34)22-23-32-19-13-15-27-38(32)4-2/h5-24,27H,3-4,25-26,28-29H2,1-2H3,(H,35,36)/p+1. The van der Waals surface area contributed by atoms with Crippen LogP contribution in [0, 0.1) is 0 Å². The van der Waals surface area contributed by atoms with Crippen LogP contribution in [0.15, 0.2) is 108 Å². The minimum atomic E-state index is 0.814.